The van der Waals surface area contributed by atoms with Crippen molar-refractivity contribution in [2.75, 3.05) is 64.0 Å². The van der Waals surface area contributed by atoms with Crippen LogP contribution in [0.15, 0.2) is 12.3 Å². The summed E-state index contributed by atoms with van der Waals surface area (Å²) in [7, 11) is -6.58. The normalized spacial score (nSPS) is 12.8. The Bertz CT molecular complexity index is 972. The Kier molecular flexibility index (Phi) is 62.8. The van der Waals surface area contributed by atoms with E-state index in [4.69, 9.17) is 64.5 Å². The van der Waals surface area contributed by atoms with Crippen LogP contribution in [0.4, 0.5) is 0 Å². The second-order valence-electron chi connectivity index (χ2n) is 15.3. The largest absolute Gasteiger partial charge is 0.528 e. The van der Waals surface area contributed by atoms with Gasteiger partial charge in [-0.05, 0) is 109 Å². The lowest BCUT2D eigenvalue weighted by Gasteiger charge is -2.38. The summed E-state index contributed by atoms with van der Waals surface area (Å²) in [5.41, 5.74) is 1.58. The Labute approximate surface area is 410 Å². The fraction of sp³-hybridized carbons (Fsp3) is 0.946. The van der Waals surface area contributed by atoms with Gasteiger partial charge < -0.3 is 64.5 Å². The molecule has 0 saturated heterocycles. The Hall–Kier alpha value is 1.53. The highest BCUT2D eigenvalue weighted by Gasteiger charge is 2.44. The van der Waals surface area contributed by atoms with Gasteiger partial charge in [0.05, 0.1) is 0 Å². The maximum absolute atomic E-state index is 6.63. The van der Waals surface area contributed by atoms with E-state index in [0.29, 0.717) is 0 Å². The van der Waals surface area contributed by atoms with Crippen molar-refractivity contribution in [2.24, 2.45) is 0 Å². The Balaban J connectivity index is -0.0000000817. The van der Waals surface area contributed by atoms with Gasteiger partial charge in [-0.3, -0.25) is 0 Å². The summed E-state index contributed by atoms with van der Waals surface area (Å²) in [4.78, 5) is 0. The second kappa shape index (κ2) is 43.5. The molecule has 0 radical (unpaired) electrons. The first-order valence-electron chi connectivity index (χ1n) is 18.7. The molecule has 2 unspecified atom stereocenters. The lowest BCUT2D eigenvalue weighted by molar-refractivity contribution is 0.124. The van der Waals surface area contributed by atoms with Gasteiger partial charge in [-0.15, -0.1) is 0 Å². The predicted molar refractivity (Wildman–Crippen MR) is 304 cm³/mol. The quantitative estimate of drug-likeness (QED) is 0.0686. The van der Waals surface area contributed by atoms with E-state index in [1.807, 2.05) is 0 Å². The monoisotopic (exact) mass is 1110 g/mol. The highest BCUT2D eigenvalue weighted by molar-refractivity contribution is 6.86. The van der Waals surface area contributed by atoms with E-state index in [1.54, 1.807) is 69.7 Å². The molecular weight excluding hydrogens is 993 g/mol. The molecule has 26 heteroatoms. The molecule has 0 amide bonds. The van der Waals surface area contributed by atoms with E-state index < -0.39 is 96.8 Å². The SMILES string of the molecule is C.C.C.C.C.C.C.C.C=C[Si](OC)(OC)OC.CO[Si](CC[Si](C)(C)O[SiH](C)O[Si](C)(C)O[Si](C)(C)CC[Si](OC)(OC)OC)(OC)OC.C[SiH](C)O[SiH](C)O[Si](C)(C)O[SiH](C)C. The third-order valence-electron chi connectivity index (χ3n) is 7.93. The minimum atomic E-state index is -2.61. The topological polar surface area (TPSA) is 138 Å². The van der Waals surface area contributed by atoms with E-state index in [1.165, 1.54) is 0 Å². The number of hydrogen-bond donors (Lipinski definition) is 0. The van der Waals surface area contributed by atoms with E-state index in [9.17, 15) is 0 Å². The van der Waals surface area contributed by atoms with Crippen molar-refractivity contribution in [3.8, 4) is 0 Å². The average molecular weight is 1110 g/mol. The van der Waals surface area contributed by atoms with Crippen molar-refractivity contribution in [3.05, 3.63) is 12.3 Å². The van der Waals surface area contributed by atoms with Crippen LogP contribution >= 0.6 is 0 Å². The third kappa shape index (κ3) is 42.2. The summed E-state index contributed by atoms with van der Waals surface area (Å²) in [6, 6.07) is 3.23. The summed E-state index contributed by atoms with van der Waals surface area (Å²) in [5.74, 6) is 0. The molecule has 0 saturated carbocycles. The highest BCUT2D eigenvalue weighted by atomic mass is 28.5. The van der Waals surface area contributed by atoms with Crippen LogP contribution in [0, 0.1) is 0 Å². The van der Waals surface area contributed by atoms with Crippen LogP contribution in [-0.4, -0.2) is 161 Å². The standard InChI is InChI=1S/C17H48O9Si6.C7H24O3Si4.C5H12O3Si.8CH4/c1-18-31(19-2,20-3)16-14-28(8,9)24-27(7)25-30(12,13)26-29(10,11)15-17-32(21-4,22-5)23-6;1-11(2)8-13(5)10-14(6,7)9-12(3)4;1-5-9(6-2,7-3)8-4;;;;;;;;/h27H,14-17H2,1-13H3;11-13H,1-7H3;5H,1H2,2-4H3;8*1H4. The molecule has 15 nitrogen and oxygen atoms in total. The van der Waals surface area contributed by atoms with Gasteiger partial charge >= 0.3 is 43.5 Å². The van der Waals surface area contributed by atoms with Gasteiger partial charge in [0.1, 0.15) is 0 Å². The third-order valence-corrected chi connectivity index (χ3v) is 42.6. The van der Waals surface area contributed by atoms with E-state index >= 15 is 0 Å². The van der Waals surface area contributed by atoms with Crippen molar-refractivity contribution in [1.29, 1.82) is 0 Å². The highest BCUT2D eigenvalue weighted by Crippen LogP contribution is 2.28. The zero-order valence-electron chi connectivity index (χ0n) is 39.0. The zero-order chi connectivity index (χ0) is 44.0. The average Bonchev–Trinajstić information content (AvgIpc) is 3.06. The molecular formula is C37H116O15Si11. The minimum Gasteiger partial charge on any atom is -0.442 e. The van der Waals surface area contributed by atoms with Gasteiger partial charge in [-0.1, -0.05) is 66.0 Å². The molecule has 0 aromatic rings. The molecule has 398 valence electrons. The van der Waals surface area contributed by atoms with E-state index in [2.05, 4.69) is 98.2 Å². The molecule has 0 N–H and O–H groups in total. The Morgan fingerprint density at radius 3 is 0.952 bits per heavy atom. The van der Waals surface area contributed by atoms with Crippen LogP contribution in [0.1, 0.15) is 59.4 Å². The van der Waals surface area contributed by atoms with Crippen molar-refractivity contribution in [3.63, 3.8) is 0 Å². The van der Waals surface area contributed by atoms with Gasteiger partial charge in [-0.25, -0.2) is 0 Å². The fourth-order valence-corrected chi connectivity index (χ4v) is 42.6. The Morgan fingerprint density at radius 1 is 0.381 bits per heavy atom. The summed E-state index contributed by atoms with van der Waals surface area (Å²) in [6.45, 7) is 33.7. The van der Waals surface area contributed by atoms with Gasteiger partial charge in [0.25, 0.3) is 18.6 Å². The number of hydrogen-bond acceptors (Lipinski definition) is 15. The van der Waals surface area contributed by atoms with Crippen molar-refractivity contribution in [1.82, 2.24) is 0 Å². The first-order chi connectivity index (χ1) is 25.1. The van der Waals surface area contributed by atoms with Crippen LogP contribution < -0.4 is 0 Å². The van der Waals surface area contributed by atoms with Gasteiger partial charge in [0.15, 0.2) is 34.7 Å². The Morgan fingerprint density at radius 2 is 0.698 bits per heavy atom. The molecule has 0 heterocycles. The molecule has 2 atom stereocenters. The molecule has 0 aliphatic carbocycles. The van der Waals surface area contributed by atoms with Crippen LogP contribution in [0.3, 0.4) is 0 Å². The van der Waals surface area contributed by atoms with Crippen LogP contribution in [0.5, 0.6) is 0 Å². The second-order valence-corrected chi connectivity index (χ2v) is 50.1. The fourth-order valence-electron chi connectivity index (χ4n) is 5.60. The molecule has 63 heavy (non-hydrogen) atoms. The first-order valence-corrected chi connectivity index (χ1v) is 46.0. The summed E-state index contributed by atoms with van der Waals surface area (Å²) < 4.78 is 85.5. The molecule has 0 rings (SSSR count). The summed E-state index contributed by atoms with van der Waals surface area (Å²) in [6.07, 6.45) is 0. The smallest absolute Gasteiger partial charge is 0.442 e. The number of rotatable bonds is 28. The molecule has 0 aliphatic heterocycles. The zero-order valence-corrected chi connectivity index (χ0v) is 50.7. The van der Waals surface area contributed by atoms with Crippen LogP contribution in [-0.2, 0) is 64.5 Å². The molecule has 0 bridgehead atoms. The van der Waals surface area contributed by atoms with E-state index in [-0.39, 0.29) is 59.4 Å². The molecule has 0 fully saturated rings. The van der Waals surface area contributed by atoms with Crippen molar-refractivity contribution < 1.29 is 64.5 Å². The van der Waals surface area contributed by atoms with E-state index in [0.717, 1.165) is 24.2 Å². The summed E-state index contributed by atoms with van der Waals surface area (Å²) in [5, 5.41) is 0. The van der Waals surface area contributed by atoms with Gasteiger partial charge in [0, 0.05) is 76.1 Å². The lowest BCUT2D eigenvalue weighted by atomic mass is 10.9. The van der Waals surface area contributed by atoms with Crippen molar-refractivity contribution in [2.45, 2.75) is 175 Å². The molecule has 0 spiro atoms. The molecule has 0 aromatic carbocycles. The first kappa shape index (κ1) is 90.9. The maximum Gasteiger partial charge on any atom is 0.528 e. The molecule has 0 aliphatic rings. The minimum absolute atomic E-state index is 0. The van der Waals surface area contributed by atoms with Crippen LogP contribution in [0.25, 0.3) is 0 Å². The molecule has 0 aromatic heterocycles. The van der Waals surface area contributed by atoms with Gasteiger partial charge in [-0.2, -0.15) is 0 Å². The van der Waals surface area contributed by atoms with Gasteiger partial charge in [0.2, 0.25) is 0 Å². The lowest BCUT2D eigenvalue weighted by Crippen LogP contribution is -2.52. The van der Waals surface area contributed by atoms with Crippen LogP contribution in [0.2, 0.25) is 116 Å². The predicted octanol–water partition coefficient (Wildman–Crippen LogP) is 11.0. The maximum atomic E-state index is 6.63. The van der Waals surface area contributed by atoms with Crippen molar-refractivity contribution >= 4 is 96.8 Å². The summed E-state index contributed by atoms with van der Waals surface area (Å²) >= 11 is 0.